The summed E-state index contributed by atoms with van der Waals surface area (Å²) in [5, 5.41) is 0. The summed E-state index contributed by atoms with van der Waals surface area (Å²) in [6.07, 6.45) is -4.73. The summed E-state index contributed by atoms with van der Waals surface area (Å²) in [6.45, 7) is 0. The molecular weight excluding hydrogens is 331 g/mol. The van der Waals surface area contributed by atoms with Crippen molar-refractivity contribution in [3.05, 3.63) is 21.1 Å². The zero-order valence-corrected chi connectivity index (χ0v) is 10.5. The zero-order chi connectivity index (χ0) is 11.9. The number of halogens is 5. The summed E-state index contributed by atoms with van der Waals surface area (Å²) in [6, 6.07) is 2.80. The SMILES string of the molecule is FC(F)(F)Oc1cc(Br)cc2nc(Cl)sc12. The van der Waals surface area contributed by atoms with E-state index < -0.39 is 6.36 Å². The maximum atomic E-state index is 12.1. The number of hydrogen-bond acceptors (Lipinski definition) is 3. The molecule has 8 heteroatoms. The van der Waals surface area contributed by atoms with Crippen LogP contribution in [0.5, 0.6) is 5.75 Å². The van der Waals surface area contributed by atoms with E-state index in [9.17, 15) is 13.2 Å². The Bertz CT molecular complexity index is 542. The molecule has 0 spiro atoms. The summed E-state index contributed by atoms with van der Waals surface area (Å²) in [7, 11) is 0. The number of benzene rings is 1. The van der Waals surface area contributed by atoms with E-state index in [1.54, 1.807) is 6.07 Å². The molecule has 86 valence electrons. The van der Waals surface area contributed by atoms with Gasteiger partial charge in [-0.2, -0.15) is 0 Å². The Morgan fingerprint density at radius 3 is 2.69 bits per heavy atom. The van der Waals surface area contributed by atoms with Gasteiger partial charge in [0.25, 0.3) is 0 Å². The summed E-state index contributed by atoms with van der Waals surface area (Å²) in [4.78, 5) is 3.87. The first-order chi connectivity index (χ1) is 7.35. The lowest BCUT2D eigenvalue weighted by atomic mass is 10.3. The van der Waals surface area contributed by atoms with Gasteiger partial charge in [-0.15, -0.1) is 13.2 Å². The van der Waals surface area contributed by atoms with Crippen LogP contribution in [0.1, 0.15) is 0 Å². The molecule has 0 saturated carbocycles. The fraction of sp³-hybridized carbons (Fsp3) is 0.125. The maximum absolute atomic E-state index is 12.1. The van der Waals surface area contributed by atoms with Gasteiger partial charge in [-0.25, -0.2) is 4.98 Å². The minimum atomic E-state index is -4.73. The van der Waals surface area contributed by atoms with Crippen LogP contribution in [0.4, 0.5) is 13.2 Å². The van der Waals surface area contributed by atoms with Crippen molar-refractivity contribution in [2.45, 2.75) is 6.36 Å². The Hall–Kier alpha value is -0.530. The van der Waals surface area contributed by atoms with E-state index in [4.69, 9.17) is 11.6 Å². The molecule has 0 fully saturated rings. The van der Waals surface area contributed by atoms with E-state index in [1.165, 1.54) is 6.07 Å². The van der Waals surface area contributed by atoms with Crippen LogP contribution < -0.4 is 4.74 Å². The third-order valence-corrected chi connectivity index (χ3v) is 3.27. The minimum absolute atomic E-state index is 0.167. The summed E-state index contributed by atoms with van der Waals surface area (Å²) >= 11 is 9.64. The molecule has 16 heavy (non-hydrogen) atoms. The van der Waals surface area contributed by atoms with Crippen LogP contribution in [-0.4, -0.2) is 11.3 Å². The number of hydrogen-bond donors (Lipinski definition) is 0. The van der Waals surface area contributed by atoms with Gasteiger partial charge in [-0.1, -0.05) is 38.9 Å². The Labute approximate surface area is 105 Å². The standard InChI is InChI=1S/C8H2BrClF3NOS/c9-3-1-4-6(16-7(10)14-4)5(2-3)15-8(11,12)13/h1-2H. The van der Waals surface area contributed by atoms with Crippen LogP contribution in [0, 0.1) is 0 Å². The van der Waals surface area contributed by atoms with Crippen molar-refractivity contribution in [3.63, 3.8) is 0 Å². The van der Waals surface area contributed by atoms with Gasteiger partial charge in [0.05, 0.1) is 10.2 Å². The molecule has 0 saturated heterocycles. The highest BCUT2D eigenvalue weighted by molar-refractivity contribution is 9.10. The van der Waals surface area contributed by atoms with Crippen LogP contribution in [0.3, 0.4) is 0 Å². The second kappa shape index (κ2) is 4.05. The Balaban J connectivity index is 2.58. The lowest BCUT2D eigenvalue weighted by Gasteiger charge is -2.09. The number of alkyl halides is 3. The lowest BCUT2D eigenvalue weighted by Crippen LogP contribution is -2.17. The van der Waals surface area contributed by atoms with Crippen LogP contribution in [0.15, 0.2) is 16.6 Å². The molecule has 1 heterocycles. The van der Waals surface area contributed by atoms with Crippen molar-refractivity contribution in [3.8, 4) is 5.75 Å². The number of rotatable bonds is 1. The van der Waals surface area contributed by atoms with Crippen molar-refractivity contribution in [1.82, 2.24) is 4.98 Å². The average Bonchev–Trinajstić information content (AvgIpc) is 2.42. The van der Waals surface area contributed by atoms with E-state index in [0.717, 1.165) is 11.3 Å². The third-order valence-electron chi connectivity index (χ3n) is 1.62. The van der Waals surface area contributed by atoms with E-state index in [2.05, 4.69) is 25.7 Å². The molecule has 0 unspecified atom stereocenters. The Morgan fingerprint density at radius 2 is 2.06 bits per heavy atom. The van der Waals surface area contributed by atoms with Crippen molar-refractivity contribution < 1.29 is 17.9 Å². The highest BCUT2D eigenvalue weighted by atomic mass is 79.9. The number of fused-ring (bicyclic) bond motifs is 1. The first-order valence-corrected chi connectivity index (χ1v) is 5.85. The van der Waals surface area contributed by atoms with Gasteiger partial charge in [0.1, 0.15) is 5.75 Å². The molecule has 1 aromatic carbocycles. The largest absolute Gasteiger partial charge is 0.573 e. The molecule has 2 nitrogen and oxygen atoms in total. The highest BCUT2D eigenvalue weighted by Gasteiger charge is 2.32. The molecule has 0 aliphatic heterocycles. The van der Waals surface area contributed by atoms with Crippen molar-refractivity contribution >= 4 is 49.1 Å². The van der Waals surface area contributed by atoms with Crippen molar-refractivity contribution in [2.24, 2.45) is 0 Å². The van der Waals surface area contributed by atoms with Gasteiger partial charge >= 0.3 is 6.36 Å². The topological polar surface area (TPSA) is 22.1 Å². The molecule has 0 aliphatic carbocycles. The van der Waals surface area contributed by atoms with E-state index in [-0.39, 0.29) is 14.9 Å². The third kappa shape index (κ3) is 2.58. The van der Waals surface area contributed by atoms with E-state index in [1.807, 2.05) is 0 Å². The number of ether oxygens (including phenoxy) is 1. The minimum Gasteiger partial charge on any atom is -0.404 e. The van der Waals surface area contributed by atoms with Gasteiger partial charge < -0.3 is 4.74 Å². The molecule has 0 amide bonds. The highest BCUT2D eigenvalue weighted by Crippen LogP contribution is 2.38. The second-order valence-electron chi connectivity index (χ2n) is 2.77. The van der Waals surface area contributed by atoms with Gasteiger partial charge in [0, 0.05) is 4.47 Å². The Kier molecular flexibility index (Phi) is 3.02. The van der Waals surface area contributed by atoms with Crippen molar-refractivity contribution in [2.75, 3.05) is 0 Å². The summed E-state index contributed by atoms with van der Waals surface area (Å²) in [5.41, 5.74) is 0.364. The van der Waals surface area contributed by atoms with Crippen LogP contribution >= 0.6 is 38.9 Å². The molecule has 0 atom stereocenters. The molecule has 0 bridgehead atoms. The number of thiazole rings is 1. The quantitative estimate of drug-likeness (QED) is 0.761. The molecular formula is C8H2BrClF3NOS. The molecule has 0 aliphatic rings. The van der Waals surface area contributed by atoms with Crippen molar-refractivity contribution in [1.29, 1.82) is 0 Å². The first kappa shape index (κ1) is 11.9. The summed E-state index contributed by atoms with van der Waals surface area (Å²) < 4.78 is 41.1. The average molecular weight is 333 g/mol. The summed E-state index contributed by atoms with van der Waals surface area (Å²) in [5.74, 6) is -0.304. The molecule has 0 N–H and O–H groups in total. The predicted octanol–water partition coefficient (Wildman–Crippen LogP) is 4.61. The zero-order valence-electron chi connectivity index (χ0n) is 7.31. The predicted molar refractivity (Wildman–Crippen MR) is 59.0 cm³/mol. The van der Waals surface area contributed by atoms with Gasteiger partial charge in [-0.3, -0.25) is 0 Å². The van der Waals surface area contributed by atoms with Gasteiger partial charge in [0.15, 0.2) is 4.47 Å². The number of nitrogens with zero attached hydrogens (tertiary/aromatic N) is 1. The monoisotopic (exact) mass is 331 g/mol. The Morgan fingerprint density at radius 1 is 1.38 bits per heavy atom. The fourth-order valence-corrected chi connectivity index (χ4v) is 2.61. The van der Waals surface area contributed by atoms with Crippen LogP contribution in [-0.2, 0) is 0 Å². The smallest absolute Gasteiger partial charge is 0.404 e. The molecule has 1 aromatic heterocycles. The van der Waals surface area contributed by atoms with E-state index >= 15 is 0 Å². The fourth-order valence-electron chi connectivity index (χ4n) is 1.14. The van der Waals surface area contributed by atoms with Gasteiger partial charge in [0.2, 0.25) is 0 Å². The van der Waals surface area contributed by atoms with Crippen LogP contribution in [0.2, 0.25) is 4.47 Å². The van der Waals surface area contributed by atoms with Gasteiger partial charge in [-0.05, 0) is 12.1 Å². The maximum Gasteiger partial charge on any atom is 0.573 e. The first-order valence-electron chi connectivity index (χ1n) is 3.86. The molecule has 2 rings (SSSR count). The number of aromatic nitrogens is 1. The second-order valence-corrected chi connectivity index (χ2v) is 5.26. The molecule has 2 aromatic rings. The normalized spacial score (nSPS) is 12.1. The van der Waals surface area contributed by atoms with Crippen LogP contribution in [0.25, 0.3) is 10.2 Å². The molecule has 0 radical (unpaired) electrons. The van der Waals surface area contributed by atoms with E-state index in [0.29, 0.717) is 9.99 Å². The lowest BCUT2D eigenvalue weighted by molar-refractivity contribution is -0.274.